The minimum absolute atomic E-state index is 0.0212. The zero-order chi connectivity index (χ0) is 15.2. The van der Waals surface area contributed by atoms with Crippen LogP contribution < -0.4 is 5.32 Å². The molecule has 1 amide bonds. The fraction of sp³-hybridized carbons (Fsp3) is 0.941. The maximum Gasteiger partial charge on any atom is 0.239 e. The van der Waals surface area contributed by atoms with Crippen molar-refractivity contribution in [2.24, 2.45) is 5.92 Å². The zero-order valence-electron chi connectivity index (χ0n) is 14.1. The van der Waals surface area contributed by atoms with Gasteiger partial charge in [0.25, 0.3) is 0 Å². The summed E-state index contributed by atoms with van der Waals surface area (Å²) in [6.45, 7) is 11.7. The monoisotopic (exact) mass is 295 g/mol. The Balaban J connectivity index is 1.94. The van der Waals surface area contributed by atoms with E-state index in [0.29, 0.717) is 17.9 Å². The smallest absolute Gasteiger partial charge is 0.239 e. The minimum Gasteiger partial charge on any atom is -0.341 e. The van der Waals surface area contributed by atoms with Crippen LogP contribution in [0.25, 0.3) is 0 Å². The number of likely N-dealkylation sites (tertiary alicyclic amines) is 1. The van der Waals surface area contributed by atoms with Crippen LogP contribution in [-0.2, 0) is 4.79 Å². The molecule has 0 aromatic heterocycles. The first-order chi connectivity index (χ1) is 10.1. The standard InChI is InChI=1S/C17H33N3O/c1-14(2)12-20(13-16-8-7-9-18-16)15(3)17(21)19-10-5-4-6-11-19/h14-16,18H,4-13H2,1-3H3. The van der Waals surface area contributed by atoms with Crippen molar-refractivity contribution in [2.75, 3.05) is 32.7 Å². The summed E-state index contributed by atoms with van der Waals surface area (Å²) in [7, 11) is 0. The maximum absolute atomic E-state index is 12.8. The van der Waals surface area contributed by atoms with Gasteiger partial charge in [-0.05, 0) is 51.5 Å². The van der Waals surface area contributed by atoms with E-state index in [1.165, 1.54) is 32.1 Å². The topological polar surface area (TPSA) is 35.6 Å². The molecule has 0 bridgehead atoms. The first-order valence-electron chi connectivity index (χ1n) is 8.84. The summed E-state index contributed by atoms with van der Waals surface area (Å²) in [5, 5.41) is 3.57. The molecular weight excluding hydrogens is 262 g/mol. The third-order valence-electron chi connectivity index (χ3n) is 4.79. The Kier molecular flexibility index (Phi) is 6.49. The van der Waals surface area contributed by atoms with E-state index in [1.807, 2.05) is 0 Å². The van der Waals surface area contributed by atoms with E-state index >= 15 is 0 Å². The van der Waals surface area contributed by atoms with Crippen molar-refractivity contribution in [1.82, 2.24) is 15.1 Å². The van der Waals surface area contributed by atoms with E-state index in [-0.39, 0.29) is 6.04 Å². The molecule has 1 N–H and O–H groups in total. The summed E-state index contributed by atoms with van der Waals surface area (Å²) in [4.78, 5) is 17.3. The summed E-state index contributed by atoms with van der Waals surface area (Å²) in [5.41, 5.74) is 0. The first-order valence-corrected chi connectivity index (χ1v) is 8.84. The third-order valence-corrected chi connectivity index (χ3v) is 4.79. The molecule has 0 aromatic carbocycles. The molecule has 2 saturated heterocycles. The summed E-state index contributed by atoms with van der Waals surface area (Å²) in [5.74, 6) is 0.941. The summed E-state index contributed by atoms with van der Waals surface area (Å²) < 4.78 is 0. The number of rotatable bonds is 6. The van der Waals surface area contributed by atoms with Gasteiger partial charge in [-0.25, -0.2) is 0 Å². The van der Waals surface area contributed by atoms with E-state index < -0.39 is 0 Å². The van der Waals surface area contributed by atoms with Crippen LogP contribution in [0.15, 0.2) is 0 Å². The first kappa shape index (κ1) is 16.8. The average Bonchev–Trinajstić information content (AvgIpc) is 2.98. The Labute approximate surface area is 130 Å². The van der Waals surface area contributed by atoms with Gasteiger partial charge in [0.1, 0.15) is 0 Å². The lowest BCUT2D eigenvalue weighted by Crippen LogP contribution is -2.52. The Bertz CT molecular complexity index is 320. The van der Waals surface area contributed by atoms with Crippen LogP contribution in [0.5, 0.6) is 0 Å². The minimum atomic E-state index is 0.0212. The fourth-order valence-corrected chi connectivity index (χ4v) is 3.59. The number of carbonyl (C=O) groups excluding carboxylic acids is 1. The number of nitrogens with one attached hydrogen (secondary N) is 1. The third kappa shape index (κ3) is 4.96. The quantitative estimate of drug-likeness (QED) is 0.815. The lowest BCUT2D eigenvalue weighted by atomic mass is 10.1. The fourth-order valence-electron chi connectivity index (χ4n) is 3.59. The Morgan fingerprint density at radius 2 is 1.90 bits per heavy atom. The maximum atomic E-state index is 12.8. The number of hydrogen-bond donors (Lipinski definition) is 1. The van der Waals surface area contributed by atoms with Gasteiger partial charge in [-0.2, -0.15) is 0 Å². The molecule has 4 nitrogen and oxygen atoms in total. The van der Waals surface area contributed by atoms with Gasteiger partial charge in [0.15, 0.2) is 0 Å². The van der Waals surface area contributed by atoms with Gasteiger partial charge in [0.2, 0.25) is 5.91 Å². The van der Waals surface area contributed by atoms with Gasteiger partial charge in [0, 0.05) is 32.2 Å². The van der Waals surface area contributed by atoms with E-state index in [2.05, 4.69) is 35.9 Å². The Morgan fingerprint density at radius 1 is 1.19 bits per heavy atom. The highest BCUT2D eigenvalue weighted by Gasteiger charge is 2.29. The second kappa shape index (κ2) is 8.14. The summed E-state index contributed by atoms with van der Waals surface area (Å²) in [6.07, 6.45) is 6.15. The molecule has 0 aliphatic carbocycles. The highest BCUT2D eigenvalue weighted by Crippen LogP contribution is 2.16. The van der Waals surface area contributed by atoms with Gasteiger partial charge < -0.3 is 10.2 Å². The molecule has 122 valence electrons. The number of amides is 1. The van der Waals surface area contributed by atoms with Crippen LogP contribution in [0.2, 0.25) is 0 Å². The van der Waals surface area contributed by atoms with Gasteiger partial charge in [0.05, 0.1) is 6.04 Å². The van der Waals surface area contributed by atoms with Crippen LogP contribution in [0, 0.1) is 5.92 Å². The Morgan fingerprint density at radius 3 is 2.48 bits per heavy atom. The molecule has 2 aliphatic heterocycles. The van der Waals surface area contributed by atoms with E-state index in [1.54, 1.807) is 0 Å². The highest BCUT2D eigenvalue weighted by molar-refractivity contribution is 5.81. The SMILES string of the molecule is CC(C)CN(CC1CCCN1)C(C)C(=O)N1CCCCC1. The lowest BCUT2D eigenvalue weighted by molar-refractivity contribution is -0.137. The van der Waals surface area contributed by atoms with Crippen LogP contribution in [0.4, 0.5) is 0 Å². The normalized spacial score (nSPS) is 24.8. The van der Waals surface area contributed by atoms with Crippen LogP contribution in [0.3, 0.4) is 0 Å². The number of hydrogen-bond acceptors (Lipinski definition) is 3. The van der Waals surface area contributed by atoms with Crippen molar-refractivity contribution in [3.8, 4) is 0 Å². The van der Waals surface area contributed by atoms with Gasteiger partial charge in [-0.1, -0.05) is 13.8 Å². The van der Waals surface area contributed by atoms with E-state index in [4.69, 9.17) is 0 Å². The lowest BCUT2D eigenvalue weighted by Gasteiger charge is -2.36. The van der Waals surface area contributed by atoms with Crippen LogP contribution in [-0.4, -0.2) is 60.5 Å². The van der Waals surface area contributed by atoms with Crippen LogP contribution in [0.1, 0.15) is 52.9 Å². The molecule has 21 heavy (non-hydrogen) atoms. The van der Waals surface area contributed by atoms with Crippen molar-refractivity contribution in [3.05, 3.63) is 0 Å². The average molecular weight is 295 g/mol. The molecule has 0 aromatic rings. The van der Waals surface area contributed by atoms with Crippen molar-refractivity contribution < 1.29 is 4.79 Å². The van der Waals surface area contributed by atoms with E-state index in [9.17, 15) is 4.79 Å². The number of piperidine rings is 1. The Hall–Kier alpha value is -0.610. The summed E-state index contributed by atoms with van der Waals surface area (Å²) in [6, 6.07) is 0.591. The van der Waals surface area contributed by atoms with E-state index in [0.717, 1.165) is 32.7 Å². The second-order valence-corrected chi connectivity index (χ2v) is 7.20. The largest absolute Gasteiger partial charge is 0.341 e. The van der Waals surface area contributed by atoms with Gasteiger partial charge in [-0.3, -0.25) is 9.69 Å². The molecule has 0 saturated carbocycles. The van der Waals surface area contributed by atoms with Crippen LogP contribution >= 0.6 is 0 Å². The summed E-state index contributed by atoms with van der Waals surface area (Å²) >= 11 is 0. The molecule has 4 heteroatoms. The second-order valence-electron chi connectivity index (χ2n) is 7.20. The molecule has 2 fully saturated rings. The predicted octanol–water partition coefficient (Wildman–Crippen LogP) is 2.10. The molecular formula is C17H33N3O. The molecule has 0 spiro atoms. The molecule has 2 rings (SSSR count). The van der Waals surface area contributed by atoms with Crippen molar-refractivity contribution in [3.63, 3.8) is 0 Å². The molecule has 2 aliphatic rings. The van der Waals surface area contributed by atoms with Crippen molar-refractivity contribution >= 4 is 5.91 Å². The van der Waals surface area contributed by atoms with Crippen molar-refractivity contribution in [1.29, 1.82) is 0 Å². The molecule has 2 atom stereocenters. The van der Waals surface area contributed by atoms with Gasteiger partial charge >= 0.3 is 0 Å². The molecule has 0 radical (unpaired) electrons. The number of carbonyl (C=O) groups is 1. The number of nitrogens with zero attached hydrogens (tertiary/aromatic N) is 2. The van der Waals surface area contributed by atoms with Crippen molar-refractivity contribution in [2.45, 2.75) is 65.0 Å². The highest BCUT2D eigenvalue weighted by atomic mass is 16.2. The molecule has 2 unspecified atom stereocenters. The predicted molar refractivity (Wildman–Crippen MR) is 87.3 cm³/mol. The molecule has 2 heterocycles. The zero-order valence-corrected chi connectivity index (χ0v) is 14.1. The van der Waals surface area contributed by atoms with Gasteiger partial charge in [-0.15, -0.1) is 0 Å².